The first kappa shape index (κ1) is 16.2. The lowest BCUT2D eigenvalue weighted by atomic mass is 9.63. The number of hydrogen-bond acceptors (Lipinski definition) is 5. The predicted octanol–water partition coefficient (Wildman–Crippen LogP) is 2.92. The van der Waals surface area contributed by atoms with E-state index in [0.717, 1.165) is 25.3 Å². The Kier molecular flexibility index (Phi) is 3.45. The van der Waals surface area contributed by atoms with Gasteiger partial charge in [0.2, 0.25) is 0 Å². The Morgan fingerprint density at radius 1 is 1.36 bits per heavy atom. The third kappa shape index (κ3) is 2.71. The SMILES string of the molecule is CC1OC(=O)NN=C1c1cnc(N2CC3(CCC3)C2)c(C(F)(F)F)c1. The molecular formula is C16H17F3N4O2. The second kappa shape index (κ2) is 5.34. The average molecular weight is 354 g/mol. The fourth-order valence-corrected chi connectivity index (χ4v) is 3.70. The maximum Gasteiger partial charge on any atom is 0.428 e. The van der Waals surface area contributed by atoms with Gasteiger partial charge in [0.05, 0.1) is 5.56 Å². The molecule has 2 fully saturated rings. The number of carbonyl (C=O) groups is 1. The van der Waals surface area contributed by atoms with Gasteiger partial charge in [-0.2, -0.15) is 18.3 Å². The summed E-state index contributed by atoms with van der Waals surface area (Å²) < 4.78 is 45.6. The Morgan fingerprint density at radius 3 is 2.64 bits per heavy atom. The number of anilines is 1. The Labute approximate surface area is 142 Å². The molecule has 25 heavy (non-hydrogen) atoms. The highest BCUT2D eigenvalue weighted by Crippen LogP contribution is 2.50. The quantitative estimate of drug-likeness (QED) is 0.887. The molecule has 0 aromatic carbocycles. The molecule has 3 heterocycles. The Bertz CT molecular complexity index is 750. The van der Waals surface area contributed by atoms with Gasteiger partial charge < -0.3 is 9.64 Å². The highest BCUT2D eigenvalue weighted by atomic mass is 19.4. The number of alkyl halides is 3. The van der Waals surface area contributed by atoms with E-state index in [-0.39, 0.29) is 22.5 Å². The molecule has 1 saturated carbocycles. The summed E-state index contributed by atoms with van der Waals surface area (Å²) in [6, 6.07) is 1.03. The lowest BCUT2D eigenvalue weighted by molar-refractivity contribution is -0.137. The fourth-order valence-electron chi connectivity index (χ4n) is 3.70. The first-order valence-corrected chi connectivity index (χ1v) is 8.14. The van der Waals surface area contributed by atoms with Crippen molar-refractivity contribution in [1.82, 2.24) is 10.4 Å². The van der Waals surface area contributed by atoms with Crippen LogP contribution in [0.4, 0.5) is 23.8 Å². The summed E-state index contributed by atoms with van der Waals surface area (Å²) in [5.41, 5.74) is 1.92. The minimum atomic E-state index is -4.52. The molecule has 1 amide bonds. The van der Waals surface area contributed by atoms with Crippen molar-refractivity contribution in [2.45, 2.75) is 38.5 Å². The number of ether oxygens (including phenoxy) is 1. The predicted molar refractivity (Wildman–Crippen MR) is 83.4 cm³/mol. The van der Waals surface area contributed by atoms with Gasteiger partial charge in [-0.15, -0.1) is 0 Å². The van der Waals surface area contributed by atoms with Gasteiger partial charge in [-0.1, -0.05) is 6.42 Å². The molecule has 1 atom stereocenters. The van der Waals surface area contributed by atoms with Crippen LogP contribution in [0.25, 0.3) is 0 Å². The van der Waals surface area contributed by atoms with Crippen molar-refractivity contribution in [1.29, 1.82) is 0 Å². The number of hydrogen-bond donors (Lipinski definition) is 1. The van der Waals surface area contributed by atoms with Crippen LogP contribution in [0.15, 0.2) is 17.4 Å². The summed E-state index contributed by atoms with van der Waals surface area (Å²) in [5, 5.41) is 3.81. The van der Waals surface area contributed by atoms with Crippen LogP contribution in [-0.4, -0.2) is 36.0 Å². The average Bonchev–Trinajstić information content (AvgIpc) is 2.43. The van der Waals surface area contributed by atoms with E-state index >= 15 is 0 Å². The van der Waals surface area contributed by atoms with Crippen molar-refractivity contribution in [2.24, 2.45) is 10.5 Å². The molecule has 4 rings (SSSR count). The van der Waals surface area contributed by atoms with Crippen LogP contribution in [0.5, 0.6) is 0 Å². The van der Waals surface area contributed by atoms with Crippen molar-refractivity contribution in [2.75, 3.05) is 18.0 Å². The van der Waals surface area contributed by atoms with Gasteiger partial charge in [0, 0.05) is 30.3 Å². The van der Waals surface area contributed by atoms with Crippen LogP contribution in [0.3, 0.4) is 0 Å². The van der Waals surface area contributed by atoms with Crippen LogP contribution in [0, 0.1) is 5.41 Å². The van der Waals surface area contributed by atoms with E-state index in [1.165, 1.54) is 6.20 Å². The smallest absolute Gasteiger partial charge is 0.428 e. The van der Waals surface area contributed by atoms with Gasteiger partial charge in [-0.3, -0.25) is 0 Å². The molecule has 1 saturated heterocycles. The number of aromatic nitrogens is 1. The van der Waals surface area contributed by atoms with E-state index in [1.54, 1.807) is 11.8 Å². The topological polar surface area (TPSA) is 66.8 Å². The number of halogens is 3. The summed E-state index contributed by atoms with van der Waals surface area (Å²) in [4.78, 5) is 16.9. The summed E-state index contributed by atoms with van der Waals surface area (Å²) in [6.45, 7) is 2.80. The molecule has 1 aromatic rings. The van der Waals surface area contributed by atoms with Gasteiger partial charge in [0.25, 0.3) is 0 Å². The molecule has 2 aliphatic heterocycles. The number of cyclic esters (lactones) is 1. The molecule has 1 aliphatic carbocycles. The summed E-state index contributed by atoms with van der Waals surface area (Å²) >= 11 is 0. The number of nitrogens with one attached hydrogen (secondary N) is 1. The molecule has 1 spiro atoms. The second-order valence-corrected chi connectivity index (χ2v) is 6.96. The molecule has 3 aliphatic rings. The number of pyridine rings is 1. The van der Waals surface area contributed by atoms with Crippen LogP contribution in [0.2, 0.25) is 0 Å². The summed E-state index contributed by atoms with van der Waals surface area (Å²) in [7, 11) is 0. The van der Waals surface area contributed by atoms with E-state index in [1.807, 2.05) is 0 Å². The molecule has 6 nitrogen and oxygen atoms in total. The Balaban J connectivity index is 1.66. The molecule has 0 bridgehead atoms. The third-order valence-electron chi connectivity index (χ3n) is 5.17. The minimum absolute atomic E-state index is 0.0391. The monoisotopic (exact) mass is 354 g/mol. The number of hydrazone groups is 1. The fraction of sp³-hybridized carbons (Fsp3) is 0.562. The first-order chi connectivity index (χ1) is 11.8. The van der Waals surface area contributed by atoms with Crippen molar-refractivity contribution in [3.8, 4) is 0 Å². The minimum Gasteiger partial charge on any atom is -0.439 e. The van der Waals surface area contributed by atoms with Crippen molar-refractivity contribution >= 4 is 17.6 Å². The van der Waals surface area contributed by atoms with Gasteiger partial charge in [0.15, 0.2) is 0 Å². The zero-order chi connectivity index (χ0) is 17.8. The number of rotatable bonds is 2. The van der Waals surface area contributed by atoms with Crippen LogP contribution in [0.1, 0.15) is 37.3 Å². The number of carbonyl (C=O) groups excluding carboxylic acids is 1. The zero-order valence-corrected chi connectivity index (χ0v) is 13.6. The summed E-state index contributed by atoms with van der Waals surface area (Å²) in [5.74, 6) is -0.0391. The van der Waals surface area contributed by atoms with Crippen LogP contribution >= 0.6 is 0 Å². The number of nitrogens with zero attached hydrogens (tertiary/aromatic N) is 3. The van der Waals surface area contributed by atoms with Gasteiger partial charge in [-0.25, -0.2) is 15.2 Å². The van der Waals surface area contributed by atoms with E-state index in [4.69, 9.17) is 4.74 Å². The van der Waals surface area contributed by atoms with E-state index in [2.05, 4.69) is 15.5 Å². The molecule has 1 aromatic heterocycles. The maximum absolute atomic E-state index is 13.6. The second-order valence-electron chi connectivity index (χ2n) is 6.96. The van der Waals surface area contributed by atoms with Crippen LogP contribution < -0.4 is 10.3 Å². The third-order valence-corrected chi connectivity index (χ3v) is 5.17. The van der Waals surface area contributed by atoms with Crippen molar-refractivity contribution < 1.29 is 22.7 Å². The zero-order valence-electron chi connectivity index (χ0n) is 13.6. The molecule has 134 valence electrons. The highest BCUT2D eigenvalue weighted by molar-refractivity contribution is 6.05. The largest absolute Gasteiger partial charge is 0.439 e. The Hall–Kier alpha value is -2.32. The van der Waals surface area contributed by atoms with Crippen LogP contribution in [-0.2, 0) is 10.9 Å². The number of amides is 1. The van der Waals surface area contributed by atoms with Crippen molar-refractivity contribution in [3.05, 3.63) is 23.4 Å². The Morgan fingerprint density at radius 2 is 2.08 bits per heavy atom. The van der Waals surface area contributed by atoms with E-state index in [0.29, 0.717) is 13.1 Å². The lowest BCUT2D eigenvalue weighted by Crippen LogP contribution is -2.60. The highest BCUT2D eigenvalue weighted by Gasteiger charge is 2.49. The normalized spacial score (nSPS) is 24.8. The first-order valence-electron chi connectivity index (χ1n) is 8.14. The van der Waals surface area contributed by atoms with Gasteiger partial charge in [0.1, 0.15) is 17.6 Å². The molecular weight excluding hydrogens is 337 g/mol. The van der Waals surface area contributed by atoms with Gasteiger partial charge >= 0.3 is 12.3 Å². The standard InChI is InChI=1S/C16H17F3N4O2/c1-9-12(21-22-14(24)25-9)10-5-11(16(17,18)19)13(20-6-10)23-7-15(8-23)3-2-4-15/h5-6,9H,2-4,7-8H2,1H3,(H,22,24). The summed E-state index contributed by atoms with van der Waals surface area (Å²) in [6.07, 6.45) is -1.35. The molecule has 0 radical (unpaired) electrons. The van der Waals surface area contributed by atoms with Crippen molar-refractivity contribution in [3.63, 3.8) is 0 Å². The van der Waals surface area contributed by atoms with E-state index < -0.39 is 23.9 Å². The van der Waals surface area contributed by atoms with E-state index in [9.17, 15) is 18.0 Å². The molecule has 1 N–H and O–H groups in total. The maximum atomic E-state index is 13.6. The lowest BCUT2D eigenvalue weighted by Gasteiger charge is -2.56. The molecule has 1 unspecified atom stereocenters. The van der Waals surface area contributed by atoms with Gasteiger partial charge in [-0.05, 0) is 25.8 Å². The molecule has 9 heteroatoms.